The third-order valence-corrected chi connectivity index (χ3v) is 7.74. The zero-order valence-electron chi connectivity index (χ0n) is 17.7. The van der Waals surface area contributed by atoms with E-state index in [9.17, 15) is 0 Å². The molecule has 1 saturated carbocycles. The van der Waals surface area contributed by atoms with Crippen LogP contribution in [0.2, 0.25) is 0 Å². The topological polar surface area (TPSA) is 25.8 Å². The molecule has 4 heteroatoms. The number of nitrogens with zero attached hydrogens (tertiary/aromatic N) is 2. The van der Waals surface area contributed by atoms with E-state index in [1.165, 1.54) is 42.6 Å². The predicted molar refractivity (Wildman–Crippen MR) is 131 cm³/mol. The van der Waals surface area contributed by atoms with Crippen LogP contribution in [-0.4, -0.2) is 9.97 Å². The lowest BCUT2D eigenvalue weighted by Gasteiger charge is -2.10. The van der Waals surface area contributed by atoms with Gasteiger partial charge in [0.15, 0.2) is 0 Å². The Bertz CT molecular complexity index is 1420. The molecule has 0 spiro atoms. The largest absolute Gasteiger partial charge is 0.256 e. The first-order valence-corrected chi connectivity index (χ1v) is 12.1. The van der Waals surface area contributed by atoms with Crippen molar-refractivity contribution < 1.29 is 4.39 Å². The summed E-state index contributed by atoms with van der Waals surface area (Å²) in [5.74, 6) is 0.609. The van der Waals surface area contributed by atoms with Gasteiger partial charge in [-0.2, -0.15) is 0 Å². The highest BCUT2D eigenvalue weighted by molar-refractivity contribution is 7.25. The molecule has 0 aliphatic heterocycles. The average Bonchev–Trinajstić information content (AvgIpc) is 3.47. The van der Waals surface area contributed by atoms with Gasteiger partial charge in [-0.05, 0) is 59.4 Å². The maximum Gasteiger partial charge on any atom is 0.141 e. The number of halogens is 1. The van der Waals surface area contributed by atoms with Gasteiger partial charge in [-0.25, -0.2) is 4.39 Å². The molecule has 1 fully saturated rings. The minimum Gasteiger partial charge on any atom is -0.256 e. The summed E-state index contributed by atoms with van der Waals surface area (Å²) in [5, 5.41) is 0.873. The monoisotopic (exact) mass is 438 g/mol. The quantitative estimate of drug-likeness (QED) is 0.284. The smallest absolute Gasteiger partial charge is 0.141 e. The maximum absolute atomic E-state index is 15.0. The number of hydrogen-bond acceptors (Lipinski definition) is 3. The molecule has 158 valence electrons. The first-order valence-electron chi connectivity index (χ1n) is 11.3. The van der Waals surface area contributed by atoms with E-state index in [1.54, 1.807) is 6.07 Å². The fourth-order valence-corrected chi connectivity index (χ4v) is 6.04. The molecule has 1 aliphatic carbocycles. The van der Waals surface area contributed by atoms with Crippen LogP contribution in [0.5, 0.6) is 0 Å². The molecule has 0 radical (unpaired) electrons. The summed E-state index contributed by atoms with van der Waals surface area (Å²) in [6, 6.07) is 20.0. The Morgan fingerprint density at radius 2 is 1.72 bits per heavy atom. The summed E-state index contributed by atoms with van der Waals surface area (Å²) < 4.78 is 16.7. The molecule has 0 unspecified atom stereocenters. The van der Waals surface area contributed by atoms with Gasteiger partial charge >= 0.3 is 0 Å². The SMILES string of the molecule is Fc1cc(-c2ccccc2)cc2c1sc1cc(-c3cc(CC4CCCC4)ccn3)cnc12. The number of rotatable bonds is 4. The summed E-state index contributed by atoms with van der Waals surface area (Å²) >= 11 is 1.47. The highest BCUT2D eigenvalue weighted by atomic mass is 32.1. The Morgan fingerprint density at radius 3 is 2.56 bits per heavy atom. The van der Waals surface area contributed by atoms with Gasteiger partial charge in [0.1, 0.15) is 5.82 Å². The van der Waals surface area contributed by atoms with E-state index in [2.05, 4.69) is 29.2 Å². The van der Waals surface area contributed by atoms with Crippen LogP contribution in [0.1, 0.15) is 31.2 Å². The Balaban J connectivity index is 1.40. The first kappa shape index (κ1) is 19.6. The third-order valence-electron chi connectivity index (χ3n) is 6.59. The van der Waals surface area contributed by atoms with Gasteiger partial charge in [-0.1, -0.05) is 56.0 Å². The van der Waals surface area contributed by atoms with Crippen molar-refractivity contribution in [2.75, 3.05) is 0 Å². The first-order chi connectivity index (χ1) is 15.7. The van der Waals surface area contributed by atoms with Crippen LogP contribution < -0.4 is 0 Å². The molecule has 6 rings (SSSR count). The van der Waals surface area contributed by atoms with E-state index in [4.69, 9.17) is 4.98 Å². The van der Waals surface area contributed by atoms with E-state index in [0.717, 1.165) is 50.3 Å². The van der Waals surface area contributed by atoms with Crippen molar-refractivity contribution in [3.05, 3.63) is 84.4 Å². The lowest BCUT2D eigenvalue weighted by Crippen LogP contribution is -1.99. The van der Waals surface area contributed by atoms with Crippen molar-refractivity contribution >= 4 is 31.6 Å². The van der Waals surface area contributed by atoms with E-state index in [0.29, 0.717) is 4.70 Å². The van der Waals surface area contributed by atoms with Crippen molar-refractivity contribution in [3.63, 3.8) is 0 Å². The second-order valence-electron chi connectivity index (χ2n) is 8.78. The molecule has 1 aliphatic rings. The van der Waals surface area contributed by atoms with E-state index >= 15 is 4.39 Å². The van der Waals surface area contributed by atoms with Crippen LogP contribution in [0.25, 0.3) is 42.7 Å². The molecule has 3 heterocycles. The predicted octanol–water partition coefficient (Wildman–Crippen LogP) is 8.05. The fourth-order valence-electron chi connectivity index (χ4n) is 4.95. The minimum absolute atomic E-state index is 0.192. The van der Waals surface area contributed by atoms with Crippen molar-refractivity contribution in [2.45, 2.75) is 32.1 Å². The third kappa shape index (κ3) is 3.59. The van der Waals surface area contributed by atoms with Crippen molar-refractivity contribution in [3.8, 4) is 22.4 Å². The second-order valence-corrected chi connectivity index (χ2v) is 9.83. The molecule has 0 saturated heterocycles. The Kier molecular flexibility index (Phi) is 4.95. The van der Waals surface area contributed by atoms with Crippen molar-refractivity contribution in [2.24, 2.45) is 5.92 Å². The number of aromatic nitrogens is 2. The van der Waals surface area contributed by atoms with Crippen LogP contribution in [0.4, 0.5) is 4.39 Å². The lowest BCUT2D eigenvalue weighted by atomic mass is 9.97. The molecule has 3 aromatic heterocycles. The molecular formula is C28H23FN2S. The number of benzene rings is 2. The van der Waals surface area contributed by atoms with Crippen molar-refractivity contribution in [1.29, 1.82) is 0 Å². The lowest BCUT2D eigenvalue weighted by molar-refractivity contribution is 0.546. The van der Waals surface area contributed by atoms with Crippen LogP contribution in [0.15, 0.2) is 73.1 Å². The van der Waals surface area contributed by atoms with E-state index in [1.807, 2.05) is 42.7 Å². The van der Waals surface area contributed by atoms with Crippen molar-refractivity contribution in [1.82, 2.24) is 9.97 Å². The van der Waals surface area contributed by atoms with Gasteiger partial charge in [0, 0.05) is 23.3 Å². The molecule has 0 N–H and O–H groups in total. The number of hydrogen-bond donors (Lipinski definition) is 0. The highest BCUT2D eigenvalue weighted by Gasteiger charge is 2.17. The Hall–Kier alpha value is -3.11. The molecule has 2 aromatic carbocycles. The van der Waals surface area contributed by atoms with E-state index < -0.39 is 0 Å². The fraction of sp³-hybridized carbons (Fsp3) is 0.214. The Morgan fingerprint density at radius 1 is 0.875 bits per heavy atom. The molecular weight excluding hydrogens is 415 g/mol. The number of fused-ring (bicyclic) bond motifs is 3. The van der Waals surface area contributed by atoms with Gasteiger partial charge in [0.05, 0.1) is 20.6 Å². The molecule has 0 atom stereocenters. The summed E-state index contributed by atoms with van der Waals surface area (Å²) in [6.07, 6.45) is 10.3. The summed E-state index contributed by atoms with van der Waals surface area (Å²) in [4.78, 5) is 9.37. The second kappa shape index (κ2) is 8.10. The molecule has 5 aromatic rings. The van der Waals surface area contributed by atoms with Crippen LogP contribution >= 0.6 is 11.3 Å². The maximum atomic E-state index is 15.0. The zero-order chi connectivity index (χ0) is 21.5. The zero-order valence-corrected chi connectivity index (χ0v) is 18.5. The van der Waals surface area contributed by atoms with Gasteiger partial charge < -0.3 is 0 Å². The molecule has 0 amide bonds. The standard InChI is InChI=1S/C28H23FN2S/c29-24-15-21(20-8-2-1-3-9-20)14-23-27-26(32-28(23)24)16-22(17-31-27)25-13-19(10-11-30-25)12-18-6-4-5-7-18/h1-3,8-11,13-18H,4-7,12H2. The number of pyridine rings is 2. The number of thiophene rings is 1. The molecule has 32 heavy (non-hydrogen) atoms. The minimum atomic E-state index is -0.192. The summed E-state index contributed by atoms with van der Waals surface area (Å²) in [5.41, 5.74) is 6.01. The van der Waals surface area contributed by atoms with Gasteiger partial charge in [0.25, 0.3) is 0 Å². The van der Waals surface area contributed by atoms with Gasteiger partial charge in [-0.3, -0.25) is 9.97 Å². The van der Waals surface area contributed by atoms with Gasteiger partial charge in [0.2, 0.25) is 0 Å². The van der Waals surface area contributed by atoms with Gasteiger partial charge in [-0.15, -0.1) is 11.3 Å². The van der Waals surface area contributed by atoms with E-state index in [-0.39, 0.29) is 5.82 Å². The highest BCUT2D eigenvalue weighted by Crippen LogP contribution is 2.38. The molecule has 2 nitrogen and oxygen atoms in total. The Labute approximate surface area is 190 Å². The normalized spacial score (nSPS) is 14.5. The summed E-state index contributed by atoms with van der Waals surface area (Å²) in [6.45, 7) is 0. The summed E-state index contributed by atoms with van der Waals surface area (Å²) in [7, 11) is 0. The average molecular weight is 439 g/mol. The molecule has 0 bridgehead atoms. The van der Waals surface area contributed by atoms with Crippen LogP contribution in [-0.2, 0) is 6.42 Å². The van der Waals surface area contributed by atoms with Crippen LogP contribution in [0, 0.1) is 11.7 Å². The van der Waals surface area contributed by atoms with Crippen LogP contribution in [0.3, 0.4) is 0 Å².